The lowest BCUT2D eigenvalue weighted by Gasteiger charge is -2.08. The van der Waals surface area contributed by atoms with Crippen molar-refractivity contribution >= 4 is 17.3 Å². The molecule has 0 atom stereocenters. The molecular weight excluding hydrogens is 270 g/mol. The van der Waals surface area contributed by atoms with Gasteiger partial charge in [-0.25, -0.2) is 4.98 Å². The number of hydrogen-bond acceptors (Lipinski definition) is 2. The first-order chi connectivity index (χ1) is 9.72. The van der Waals surface area contributed by atoms with Gasteiger partial charge in [0.05, 0.1) is 0 Å². The first-order valence-electron chi connectivity index (χ1n) is 6.34. The van der Waals surface area contributed by atoms with Crippen molar-refractivity contribution in [3.8, 4) is 11.4 Å². The van der Waals surface area contributed by atoms with E-state index in [-0.39, 0.29) is 0 Å². The zero-order chi connectivity index (χ0) is 13.9. The Balaban J connectivity index is 1.90. The van der Waals surface area contributed by atoms with E-state index in [1.54, 1.807) is 0 Å². The zero-order valence-corrected chi connectivity index (χ0v) is 11.6. The van der Waals surface area contributed by atoms with Crippen LogP contribution in [0.2, 0.25) is 5.02 Å². The number of nitrogens with zero attached hydrogens (tertiary/aromatic N) is 2. The first kappa shape index (κ1) is 12.8. The Labute approximate surface area is 122 Å². The van der Waals surface area contributed by atoms with Gasteiger partial charge in [-0.15, -0.1) is 0 Å². The van der Waals surface area contributed by atoms with Gasteiger partial charge in [-0.1, -0.05) is 23.7 Å². The van der Waals surface area contributed by atoms with Crippen LogP contribution in [0.15, 0.2) is 60.9 Å². The molecule has 1 aromatic heterocycles. The van der Waals surface area contributed by atoms with Crippen molar-refractivity contribution in [3.63, 3.8) is 0 Å². The smallest absolute Gasteiger partial charge is 0.140 e. The van der Waals surface area contributed by atoms with Gasteiger partial charge in [0.15, 0.2) is 0 Å². The third kappa shape index (κ3) is 2.68. The number of rotatable bonds is 3. The van der Waals surface area contributed by atoms with Gasteiger partial charge in [0.25, 0.3) is 0 Å². The number of nitrogen functional groups attached to an aromatic ring is 1. The van der Waals surface area contributed by atoms with Gasteiger partial charge in [0.1, 0.15) is 5.82 Å². The van der Waals surface area contributed by atoms with Crippen LogP contribution in [0.4, 0.5) is 5.69 Å². The number of halogens is 1. The van der Waals surface area contributed by atoms with Crippen LogP contribution in [0.25, 0.3) is 11.4 Å². The Morgan fingerprint density at radius 2 is 1.70 bits per heavy atom. The molecule has 3 nitrogen and oxygen atoms in total. The lowest BCUT2D eigenvalue weighted by molar-refractivity contribution is 0.807. The number of anilines is 1. The van der Waals surface area contributed by atoms with Crippen LogP contribution in [0.5, 0.6) is 0 Å². The molecule has 0 fully saturated rings. The summed E-state index contributed by atoms with van der Waals surface area (Å²) < 4.78 is 2.11. The van der Waals surface area contributed by atoms with E-state index in [4.69, 9.17) is 17.3 Å². The zero-order valence-electron chi connectivity index (χ0n) is 10.8. The topological polar surface area (TPSA) is 43.8 Å². The maximum Gasteiger partial charge on any atom is 0.140 e. The summed E-state index contributed by atoms with van der Waals surface area (Å²) in [7, 11) is 0. The molecule has 2 aromatic carbocycles. The Morgan fingerprint density at radius 3 is 2.40 bits per heavy atom. The molecule has 1 heterocycles. The lowest BCUT2D eigenvalue weighted by atomic mass is 10.2. The summed E-state index contributed by atoms with van der Waals surface area (Å²) in [6, 6.07) is 15.6. The van der Waals surface area contributed by atoms with E-state index in [0.717, 1.165) is 28.6 Å². The van der Waals surface area contributed by atoms with Crippen molar-refractivity contribution in [2.45, 2.75) is 6.54 Å². The average molecular weight is 284 g/mol. The highest BCUT2D eigenvalue weighted by molar-refractivity contribution is 6.30. The highest BCUT2D eigenvalue weighted by Gasteiger charge is 2.06. The minimum absolute atomic E-state index is 0.748. The van der Waals surface area contributed by atoms with E-state index in [1.807, 2.05) is 60.9 Å². The summed E-state index contributed by atoms with van der Waals surface area (Å²) in [5.41, 5.74) is 8.71. The quantitative estimate of drug-likeness (QED) is 0.742. The Bertz CT molecular complexity index is 699. The van der Waals surface area contributed by atoms with Gasteiger partial charge in [-0.05, 0) is 42.0 Å². The summed E-state index contributed by atoms with van der Waals surface area (Å²) >= 11 is 5.90. The standard InChI is InChI=1S/C16H14ClN3/c17-14-5-1-12(2-6-14)11-20-10-9-19-16(20)13-3-7-15(18)8-4-13/h1-10H,11,18H2. The van der Waals surface area contributed by atoms with E-state index in [2.05, 4.69) is 9.55 Å². The number of nitrogens with two attached hydrogens (primary N) is 1. The van der Waals surface area contributed by atoms with Crippen molar-refractivity contribution in [3.05, 3.63) is 71.5 Å². The number of aromatic nitrogens is 2. The van der Waals surface area contributed by atoms with Crippen LogP contribution in [-0.4, -0.2) is 9.55 Å². The predicted molar refractivity (Wildman–Crippen MR) is 82.6 cm³/mol. The number of hydrogen-bond donors (Lipinski definition) is 1. The summed E-state index contributed by atoms with van der Waals surface area (Å²) in [6.45, 7) is 0.761. The molecule has 3 aromatic rings. The molecule has 0 bridgehead atoms. The Morgan fingerprint density at radius 1 is 1.00 bits per heavy atom. The van der Waals surface area contributed by atoms with E-state index in [0.29, 0.717) is 0 Å². The lowest BCUT2D eigenvalue weighted by Crippen LogP contribution is -2.01. The minimum atomic E-state index is 0.748. The highest BCUT2D eigenvalue weighted by atomic mass is 35.5. The molecule has 0 aliphatic carbocycles. The van der Waals surface area contributed by atoms with Crippen molar-refractivity contribution in [1.82, 2.24) is 9.55 Å². The van der Waals surface area contributed by atoms with Crippen LogP contribution in [0.1, 0.15) is 5.56 Å². The van der Waals surface area contributed by atoms with Gasteiger partial charge >= 0.3 is 0 Å². The molecule has 0 saturated carbocycles. The van der Waals surface area contributed by atoms with Crippen molar-refractivity contribution in [1.29, 1.82) is 0 Å². The van der Waals surface area contributed by atoms with E-state index in [9.17, 15) is 0 Å². The second-order valence-electron chi connectivity index (χ2n) is 4.63. The third-order valence-electron chi connectivity index (χ3n) is 3.15. The SMILES string of the molecule is Nc1ccc(-c2nccn2Cc2ccc(Cl)cc2)cc1. The van der Waals surface area contributed by atoms with Crippen molar-refractivity contribution in [2.75, 3.05) is 5.73 Å². The minimum Gasteiger partial charge on any atom is -0.399 e. The van der Waals surface area contributed by atoms with Crippen molar-refractivity contribution in [2.24, 2.45) is 0 Å². The summed E-state index contributed by atoms with van der Waals surface area (Å²) in [5.74, 6) is 0.931. The van der Waals surface area contributed by atoms with Crippen LogP contribution in [0, 0.1) is 0 Å². The fraction of sp³-hybridized carbons (Fsp3) is 0.0625. The monoisotopic (exact) mass is 283 g/mol. The molecule has 3 rings (SSSR count). The molecule has 0 spiro atoms. The van der Waals surface area contributed by atoms with Crippen LogP contribution in [-0.2, 0) is 6.54 Å². The van der Waals surface area contributed by atoms with E-state index in [1.165, 1.54) is 5.56 Å². The predicted octanol–water partition coefficient (Wildman–Crippen LogP) is 3.83. The fourth-order valence-corrected chi connectivity index (χ4v) is 2.24. The molecule has 20 heavy (non-hydrogen) atoms. The molecule has 0 amide bonds. The first-order valence-corrected chi connectivity index (χ1v) is 6.72. The third-order valence-corrected chi connectivity index (χ3v) is 3.40. The second kappa shape index (κ2) is 5.39. The Hall–Kier alpha value is -2.26. The average Bonchev–Trinajstić information content (AvgIpc) is 2.90. The highest BCUT2D eigenvalue weighted by Crippen LogP contribution is 2.20. The largest absolute Gasteiger partial charge is 0.399 e. The van der Waals surface area contributed by atoms with Gasteiger partial charge < -0.3 is 10.3 Å². The molecule has 0 aliphatic heterocycles. The van der Waals surface area contributed by atoms with Gasteiger partial charge in [-0.3, -0.25) is 0 Å². The maximum absolute atomic E-state index is 5.90. The van der Waals surface area contributed by atoms with Crippen molar-refractivity contribution < 1.29 is 0 Å². The normalized spacial score (nSPS) is 10.7. The van der Waals surface area contributed by atoms with E-state index < -0.39 is 0 Å². The van der Waals surface area contributed by atoms with Crippen LogP contribution in [0.3, 0.4) is 0 Å². The molecule has 0 unspecified atom stereocenters. The van der Waals surface area contributed by atoms with Gasteiger partial charge in [0, 0.05) is 35.2 Å². The summed E-state index contributed by atoms with van der Waals surface area (Å²) in [5, 5.41) is 0.748. The summed E-state index contributed by atoms with van der Waals surface area (Å²) in [4.78, 5) is 4.43. The number of imidazole rings is 1. The molecule has 0 aliphatic rings. The number of benzene rings is 2. The molecule has 100 valence electrons. The van der Waals surface area contributed by atoms with Crippen LogP contribution >= 0.6 is 11.6 Å². The van der Waals surface area contributed by atoms with Crippen LogP contribution < -0.4 is 5.73 Å². The maximum atomic E-state index is 5.90. The molecule has 4 heteroatoms. The molecular formula is C16H14ClN3. The molecule has 0 radical (unpaired) electrons. The fourth-order valence-electron chi connectivity index (χ4n) is 2.12. The molecule has 2 N–H and O–H groups in total. The van der Waals surface area contributed by atoms with Gasteiger partial charge in [0.2, 0.25) is 0 Å². The Kier molecular flexibility index (Phi) is 3.44. The second-order valence-corrected chi connectivity index (χ2v) is 5.06. The molecule has 0 saturated heterocycles. The van der Waals surface area contributed by atoms with E-state index >= 15 is 0 Å². The van der Waals surface area contributed by atoms with Gasteiger partial charge in [-0.2, -0.15) is 0 Å². The summed E-state index contributed by atoms with van der Waals surface area (Å²) in [6.07, 6.45) is 3.78.